The van der Waals surface area contributed by atoms with E-state index in [1.54, 1.807) is 0 Å². The average Bonchev–Trinajstić information content (AvgIpc) is 2.53. The van der Waals surface area contributed by atoms with Crippen LogP contribution < -0.4 is 5.43 Å². The summed E-state index contributed by atoms with van der Waals surface area (Å²) in [6.07, 6.45) is 4.95. The SMILES string of the molecule is CCC1CCCCN1C(=O)C/C(C)=N/Nc1ccccc1. The number of likely N-dealkylation sites (tertiary alicyclic amines) is 1. The summed E-state index contributed by atoms with van der Waals surface area (Å²) < 4.78 is 0. The zero-order chi connectivity index (χ0) is 15.1. The van der Waals surface area contributed by atoms with Gasteiger partial charge < -0.3 is 4.90 Å². The van der Waals surface area contributed by atoms with Crippen LogP contribution in [0.4, 0.5) is 5.69 Å². The molecule has 21 heavy (non-hydrogen) atoms. The minimum Gasteiger partial charge on any atom is -0.339 e. The van der Waals surface area contributed by atoms with Crippen molar-refractivity contribution < 1.29 is 4.79 Å². The molecular weight excluding hydrogens is 262 g/mol. The second-order valence-corrected chi connectivity index (χ2v) is 5.65. The molecule has 0 bridgehead atoms. The van der Waals surface area contributed by atoms with E-state index in [0.29, 0.717) is 12.5 Å². The molecule has 1 N–H and O–H groups in total. The van der Waals surface area contributed by atoms with Crippen LogP contribution in [0.3, 0.4) is 0 Å². The number of anilines is 1. The largest absolute Gasteiger partial charge is 0.339 e. The zero-order valence-corrected chi connectivity index (χ0v) is 13.0. The second kappa shape index (κ2) is 7.81. The molecule has 114 valence electrons. The number of piperidine rings is 1. The molecule has 1 atom stereocenters. The van der Waals surface area contributed by atoms with Crippen molar-refractivity contribution in [2.24, 2.45) is 5.10 Å². The summed E-state index contributed by atoms with van der Waals surface area (Å²) in [7, 11) is 0. The highest BCUT2D eigenvalue weighted by Gasteiger charge is 2.25. The van der Waals surface area contributed by atoms with Gasteiger partial charge in [-0.2, -0.15) is 5.10 Å². The van der Waals surface area contributed by atoms with Crippen molar-refractivity contribution in [2.45, 2.75) is 52.0 Å². The van der Waals surface area contributed by atoms with Gasteiger partial charge in [0, 0.05) is 18.3 Å². The van der Waals surface area contributed by atoms with E-state index in [2.05, 4.69) is 17.5 Å². The van der Waals surface area contributed by atoms with Crippen molar-refractivity contribution in [1.82, 2.24) is 4.90 Å². The van der Waals surface area contributed by atoms with E-state index in [1.165, 1.54) is 6.42 Å². The number of rotatable bonds is 5. The van der Waals surface area contributed by atoms with Crippen molar-refractivity contribution >= 4 is 17.3 Å². The molecule has 0 radical (unpaired) electrons. The fourth-order valence-corrected chi connectivity index (χ4v) is 2.79. The molecule has 1 aromatic carbocycles. The standard InChI is InChI=1S/C17H25N3O/c1-3-16-11-7-8-12-20(16)17(21)13-14(2)18-19-15-9-5-4-6-10-15/h4-6,9-10,16,19H,3,7-8,11-13H2,1-2H3/b18-14+. The van der Waals surface area contributed by atoms with Crippen molar-refractivity contribution in [2.75, 3.05) is 12.0 Å². The quantitative estimate of drug-likeness (QED) is 0.663. The summed E-state index contributed by atoms with van der Waals surface area (Å²) in [6, 6.07) is 10.2. The highest BCUT2D eigenvalue weighted by atomic mass is 16.2. The highest BCUT2D eigenvalue weighted by molar-refractivity contribution is 6.00. The van der Waals surface area contributed by atoms with E-state index in [-0.39, 0.29) is 5.91 Å². The smallest absolute Gasteiger partial charge is 0.228 e. The van der Waals surface area contributed by atoms with E-state index in [4.69, 9.17) is 0 Å². The number of nitrogens with one attached hydrogen (secondary N) is 1. The summed E-state index contributed by atoms with van der Waals surface area (Å²) in [5.41, 5.74) is 4.76. The van der Waals surface area contributed by atoms with Gasteiger partial charge in [0.05, 0.1) is 12.1 Å². The van der Waals surface area contributed by atoms with Crippen molar-refractivity contribution in [3.05, 3.63) is 30.3 Å². The first kappa shape index (κ1) is 15.5. The van der Waals surface area contributed by atoms with E-state index >= 15 is 0 Å². The molecule has 1 fully saturated rings. The molecule has 0 spiro atoms. The Morgan fingerprint density at radius 1 is 1.33 bits per heavy atom. The molecule has 0 aliphatic carbocycles. The van der Waals surface area contributed by atoms with Crippen molar-refractivity contribution in [3.8, 4) is 0 Å². The molecule has 1 aromatic rings. The van der Waals surface area contributed by atoms with Gasteiger partial charge in [0.2, 0.25) is 5.91 Å². The molecule has 4 nitrogen and oxygen atoms in total. The van der Waals surface area contributed by atoms with Gasteiger partial charge in [-0.05, 0) is 44.7 Å². The Labute approximate surface area is 127 Å². The van der Waals surface area contributed by atoms with Gasteiger partial charge in [-0.15, -0.1) is 0 Å². The van der Waals surface area contributed by atoms with E-state index in [0.717, 1.165) is 37.2 Å². The van der Waals surface area contributed by atoms with Crippen LogP contribution >= 0.6 is 0 Å². The van der Waals surface area contributed by atoms with E-state index in [1.807, 2.05) is 42.2 Å². The fraction of sp³-hybridized carbons (Fsp3) is 0.529. The number of benzene rings is 1. The molecule has 2 rings (SSSR count). The van der Waals surface area contributed by atoms with Gasteiger partial charge in [0.15, 0.2) is 0 Å². The van der Waals surface area contributed by atoms with Crippen molar-refractivity contribution in [1.29, 1.82) is 0 Å². The Kier molecular flexibility index (Phi) is 5.78. The van der Waals surface area contributed by atoms with E-state index < -0.39 is 0 Å². The first-order chi connectivity index (χ1) is 10.2. The van der Waals surface area contributed by atoms with Gasteiger partial charge in [0.1, 0.15) is 0 Å². The Bertz CT molecular complexity index is 484. The lowest BCUT2D eigenvalue weighted by molar-refractivity contribution is -0.133. The molecule has 1 aliphatic rings. The number of hydrogen-bond donors (Lipinski definition) is 1. The van der Waals surface area contributed by atoms with Gasteiger partial charge in [-0.25, -0.2) is 0 Å². The van der Waals surface area contributed by atoms with Gasteiger partial charge in [-0.3, -0.25) is 10.2 Å². The van der Waals surface area contributed by atoms with Crippen molar-refractivity contribution in [3.63, 3.8) is 0 Å². The van der Waals surface area contributed by atoms with Gasteiger partial charge >= 0.3 is 0 Å². The summed E-state index contributed by atoms with van der Waals surface area (Å²) >= 11 is 0. The zero-order valence-electron chi connectivity index (χ0n) is 13.0. The Hall–Kier alpha value is -1.84. The third kappa shape index (κ3) is 4.59. The summed E-state index contributed by atoms with van der Waals surface area (Å²) in [6.45, 7) is 4.96. The van der Waals surface area contributed by atoms with Gasteiger partial charge in [0.25, 0.3) is 0 Å². The normalized spacial score (nSPS) is 19.4. The Morgan fingerprint density at radius 2 is 2.10 bits per heavy atom. The first-order valence-corrected chi connectivity index (χ1v) is 7.84. The molecule has 4 heteroatoms. The average molecular weight is 287 g/mol. The minimum atomic E-state index is 0.206. The van der Waals surface area contributed by atoms with Crippen LogP contribution in [-0.4, -0.2) is 29.1 Å². The van der Waals surface area contributed by atoms with Crippen LogP contribution in [0.5, 0.6) is 0 Å². The number of carbonyl (C=O) groups is 1. The van der Waals surface area contributed by atoms with Crippen LogP contribution in [-0.2, 0) is 4.79 Å². The molecule has 1 unspecified atom stereocenters. The number of hydrogen-bond acceptors (Lipinski definition) is 3. The maximum absolute atomic E-state index is 12.4. The Balaban J connectivity index is 1.89. The highest BCUT2D eigenvalue weighted by Crippen LogP contribution is 2.20. The van der Waals surface area contributed by atoms with E-state index in [9.17, 15) is 4.79 Å². The maximum Gasteiger partial charge on any atom is 0.228 e. The molecule has 1 aliphatic heterocycles. The van der Waals surface area contributed by atoms with Gasteiger partial charge in [-0.1, -0.05) is 25.1 Å². The summed E-state index contributed by atoms with van der Waals surface area (Å²) in [5.74, 6) is 0.206. The fourth-order valence-electron chi connectivity index (χ4n) is 2.79. The number of carbonyl (C=O) groups excluding carboxylic acids is 1. The Morgan fingerprint density at radius 3 is 2.81 bits per heavy atom. The summed E-state index contributed by atoms with van der Waals surface area (Å²) in [5, 5.41) is 4.30. The molecule has 1 amide bonds. The number of para-hydroxylation sites is 1. The van der Waals surface area contributed by atoms with Crippen LogP contribution in [0.25, 0.3) is 0 Å². The number of nitrogens with zero attached hydrogens (tertiary/aromatic N) is 2. The lowest BCUT2D eigenvalue weighted by Gasteiger charge is -2.35. The van der Waals surface area contributed by atoms with Crippen LogP contribution in [0.15, 0.2) is 35.4 Å². The predicted molar refractivity (Wildman–Crippen MR) is 87.4 cm³/mol. The minimum absolute atomic E-state index is 0.206. The second-order valence-electron chi connectivity index (χ2n) is 5.65. The maximum atomic E-state index is 12.4. The van der Waals surface area contributed by atoms with Crippen LogP contribution in [0.2, 0.25) is 0 Å². The number of amides is 1. The third-order valence-electron chi connectivity index (χ3n) is 3.98. The number of hydrazone groups is 1. The monoisotopic (exact) mass is 287 g/mol. The molecule has 0 saturated carbocycles. The topological polar surface area (TPSA) is 44.7 Å². The molecular formula is C17H25N3O. The first-order valence-electron chi connectivity index (χ1n) is 7.84. The van der Waals surface area contributed by atoms with Crippen LogP contribution in [0.1, 0.15) is 46.0 Å². The summed E-state index contributed by atoms with van der Waals surface area (Å²) in [4.78, 5) is 14.5. The lowest BCUT2D eigenvalue weighted by atomic mass is 9.99. The molecule has 1 heterocycles. The lowest BCUT2D eigenvalue weighted by Crippen LogP contribution is -2.43. The third-order valence-corrected chi connectivity index (χ3v) is 3.98. The van der Waals surface area contributed by atoms with Crippen LogP contribution in [0, 0.1) is 0 Å². The molecule has 1 saturated heterocycles. The predicted octanol–water partition coefficient (Wildman–Crippen LogP) is 3.66. The molecule has 0 aromatic heterocycles.